The van der Waals surface area contributed by atoms with Gasteiger partial charge in [0.1, 0.15) is 11.4 Å². The van der Waals surface area contributed by atoms with Crippen molar-refractivity contribution in [2.75, 3.05) is 14.2 Å². The van der Waals surface area contributed by atoms with E-state index in [1.807, 2.05) is 29.6 Å². The summed E-state index contributed by atoms with van der Waals surface area (Å²) in [6.07, 6.45) is 0. The second-order valence-electron chi connectivity index (χ2n) is 6.78. The minimum absolute atomic E-state index is 0.0941. The van der Waals surface area contributed by atoms with Crippen LogP contribution in [-0.4, -0.2) is 33.9 Å². The van der Waals surface area contributed by atoms with Gasteiger partial charge in [-0.25, -0.2) is 4.98 Å². The van der Waals surface area contributed by atoms with Gasteiger partial charge in [-0.3, -0.25) is 20.0 Å². The fourth-order valence-electron chi connectivity index (χ4n) is 3.02. The van der Waals surface area contributed by atoms with Gasteiger partial charge < -0.3 is 9.47 Å². The summed E-state index contributed by atoms with van der Waals surface area (Å²) in [5.74, 6) is 0.913. The summed E-state index contributed by atoms with van der Waals surface area (Å²) >= 11 is 1.30. The molecular formula is C21H18N6O5S. The van der Waals surface area contributed by atoms with Crippen molar-refractivity contribution >= 4 is 28.4 Å². The molecule has 0 unspecified atom stereocenters. The van der Waals surface area contributed by atoms with E-state index in [0.717, 1.165) is 17.0 Å². The molecule has 4 rings (SSSR count). The van der Waals surface area contributed by atoms with Crippen LogP contribution in [0, 0.1) is 17.0 Å². The second-order valence-corrected chi connectivity index (χ2v) is 7.62. The normalized spacial score (nSPS) is 11.1. The molecule has 0 fully saturated rings. The number of hydrogen-bond donors (Lipinski definition) is 1. The van der Waals surface area contributed by atoms with E-state index in [-0.39, 0.29) is 22.8 Å². The van der Waals surface area contributed by atoms with Crippen LogP contribution in [0.4, 0.5) is 17.1 Å². The number of thiazole rings is 1. The van der Waals surface area contributed by atoms with Crippen LogP contribution in [0.15, 0.2) is 62.9 Å². The highest BCUT2D eigenvalue weighted by Crippen LogP contribution is 2.33. The van der Waals surface area contributed by atoms with E-state index in [2.05, 4.69) is 20.3 Å². The minimum Gasteiger partial charge on any atom is -0.497 e. The van der Waals surface area contributed by atoms with Crippen molar-refractivity contribution in [2.45, 2.75) is 6.92 Å². The van der Waals surface area contributed by atoms with Gasteiger partial charge in [0.25, 0.3) is 5.69 Å². The maximum absolute atomic E-state index is 12.9. The third-order valence-electron chi connectivity index (χ3n) is 4.74. The molecule has 0 saturated heterocycles. The standard InChI is InChI=1S/C21H18N6O5S/c1-12-19(24-23-16-9-6-14(27(29)30)10-18(16)32-3)20(28)26(25-12)21-22-17(11-33-21)13-4-7-15(31-2)8-5-13/h4-11,25H,1-3H3. The number of aromatic nitrogens is 3. The molecule has 0 saturated carbocycles. The van der Waals surface area contributed by atoms with Gasteiger partial charge in [-0.15, -0.1) is 21.6 Å². The largest absolute Gasteiger partial charge is 0.497 e. The van der Waals surface area contributed by atoms with Gasteiger partial charge in [-0.05, 0) is 37.3 Å². The van der Waals surface area contributed by atoms with E-state index in [4.69, 9.17) is 9.47 Å². The lowest BCUT2D eigenvalue weighted by molar-refractivity contribution is -0.384. The number of nitrogens with one attached hydrogen (secondary N) is 1. The molecule has 0 spiro atoms. The Kier molecular flexibility index (Phi) is 6.00. The number of azo groups is 1. The Balaban J connectivity index is 1.64. The SMILES string of the molecule is COc1ccc(-c2csc(-n3[nH]c(C)c(N=Nc4ccc([N+](=O)[O-])cc4OC)c3=O)n2)cc1. The maximum atomic E-state index is 12.9. The van der Waals surface area contributed by atoms with Gasteiger partial charge in [0.15, 0.2) is 11.4 Å². The molecule has 0 atom stereocenters. The Labute approximate surface area is 191 Å². The van der Waals surface area contributed by atoms with E-state index in [9.17, 15) is 14.9 Å². The fourth-order valence-corrected chi connectivity index (χ4v) is 3.81. The number of nitro groups is 1. The second kappa shape index (κ2) is 9.04. The van der Waals surface area contributed by atoms with Crippen LogP contribution in [-0.2, 0) is 0 Å². The van der Waals surface area contributed by atoms with E-state index in [1.54, 1.807) is 14.0 Å². The van der Waals surface area contributed by atoms with E-state index in [0.29, 0.717) is 10.8 Å². The zero-order chi connectivity index (χ0) is 23.5. The number of non-ortho nitro benzene ring substituents is 1. The van der Waals surface area contributed by atoms with Crippen molar-refractivity contribution in [1.29, 1.82) is 0 Å². The smallest absolute Gasteiger partial charge is 0.301 e. The third-order valence-corrected chi connectivity index (χ3v) is 5.57. The number of nitrogens with zero attached hydrogens (tertiary/aromatic N) is 5. The molecule has 0 aliphatic heterocycles. The Morgan fingerprint density at radius 2 is 1.88 bits per heavy atom. The molecule has 2 aromatic heterocycles. The van der Waals surface area contributed by atoms with Crippen LogP contribution in [0.1, 0.15) is 5.69 Å². The number of methoxy groups -OCH3 is 2. The number of rotatable bonds is 7. The summed E-state index contributed by atoms with van der Waals surface area (Å²) in [5.41, 5.74) is 1.89. The van der Waals surface area contributed by atoms with Crippen molar-refractivity contribution in [2.24, 2.45) is 10.2 Å². The number of nitro benzene ring substituents is 1. The van der Waals surface area contributed by atoms with Crippen LogP contribution in [0.25, 0.3) is 16.4 Å². The highest BCUT2D eigenvalue weighted by atomic mass is 32.1. The number of aryl methyl sites for hydroxylation is 1. The predicted octanol–water partition coefficient (Wildman–Crippen LogP) is 4.94. The molecular weight excluding hydrogens is 448 g/mol. The highest BCUT2D eigenvalue weighted by molar-refractivity contribution is 7.12. The minimum atomic E-state index is -0.535. The quantitative estimate of drug-likeness (QED) is 0.233. The monoisotopic (exact) mass is 466 g/mol. The molecule has 0 aliphatic rings. The molecule has 0 amide bonds. The first-order valence-corrected chi connectivity index (χ1v) is 10.5. The van der Waals surface area contributed by atoms with Crippen LogP contribution in [0.2, 0.25) is 0 Å². The lowest BCUT2D eigenvalue weighted by Crippen LogP contribution is -2.13. The van der Waals surface area contributed by atoms with E-state index < -0.39 is 10.5 Å². The van der Waals surface area contributed by atoms with Gasteiger partial charge in [-0.1, -0.05) is 0 Å². The van der Waals surface area contributed by atoms with Gasteiger partial charge in [0.2, 0.25) is 5.13 Å². The van der Waals surface area contributed by atoms with Crippen molar-refractivity contribution in [3.05, 3.63) is 74.0 Å². The van der Waals surface area contributed by atoms with Gasteiger partial charge in [0, 0.05) is 17.0 Å². The molecule has 4 aromatic rings. The molecule has 11 nitrogen and oxygen atoms in total. The number of ether oxygens (including phenoxy) is 2. The zero-order valence-corrected chi connectivity index (χ0v) is 18.6. The summed E-state index contributed by atoms with van der Waals surface area (Å²) < 4.78 is 11.6. The van der Waals surface area contributed by atoms with Crippen LogP contribution < -0.4 is 15.0 Å². The third kappa shape index (κ3) is 4.36. The number of H-pyrrole nitrogens is 1. The number of benzene rings is 2. The van der Waals surface area contributed by atoms with Crippen LogP contribution >= 0.6 is 11.3 Å². The molecule has 12 heteroatoms. The lowest BCUT2D eigenvalue weighted by atomic mass is 10.2. The fraction of sp³-hybridized carbons (Fsp3) is 0.143. The topological polar surface area (TPSA) is 137 Å². The van der Waals surface area contributed by atoms with E-state index >= 15 is 0 Å². The first-order chi connectivity index (χ1) is 15.9. The van der Waals surface area contributed by atoms with Crippen molar-refractivity contribution < 1.29 is 14.4 Å². The molecule has 168 valence electrons. The van der Waals surface area contributed by atoms with E-state index in [1.165, 1.54) is 41.3 Å². The Hall–Kier alpha value is -4.32. The molecule has 1 N–H and O–H groups in total. The van der Waals surface area contributed by atoms with Crippen LogP contribution in [0.3, 0.4) is 0 Å². The summed E-state index contributed by atoms with van der Waals surface area (Å²) in [5, 5.41) is 24.3. The Morgan fingerprint density at radius 3 is 2.55 bits per heavy atom. The first kappa shape index (κ1) is 21.9. The average molecular weight is 466 g/mol. The predicted molar refractivity (Wildman–Crippen MR) is 123 cm³/mol. The number of hydrogen-bond acceptors (Lipinski definition) is 9. The summed E-state index contributed by atoms with van der Waals surface area (Å²) in [6.45, 7) is 1.69. The molecule has 33 heavy (non-hydrogen) atoms. The van der Waals surface area contributed by atoms with Gasteiger partial charge in [0.05, 0.1) is 36.6 Å². The maximum Gasteiger partial charge on any atom is 0.301 e. The summed E-state index contributed by atoms with van der Waals surface area (Å²) in [7, 11) is 2.97. The number of aromatic amines is 1. The zero-order valence-electron chi connectivity index (χ0n) is 17.8. The summed E-state index contributed by atoms with van der Waals surface area (Å²) in [6, 6.07) is 11.4. The Bertz CT molecular complexity index is 1400. The average Bonchev–Trinajstić information content (AvgIpc) is 3.42. The van der Waals surface area contributed by atoms with Crippen molar-refractivity contribution in [3.63, 3.8) is 0 Å². The first-order valence-electron chi connectivity index (χ1n) is 9.57. The summed E-state index contributed by atoms with van der Waals surface area (Å²) in [4.78, 5) is 27.9. The molecule has 0 aliphatic carbocycles. The molecule has 0 radical (unpaired) electrons. The Morgan fingerprint density at radius 1 is 1.12 bits per heavy atom. The van der Waals surface area contributed by atoms with Crippen molar-refractivity contribution in [1.82, 2.24) is 14.8 Å². The molecule has 2 aromatic carbocycles. The van der Waals surface area contributed by atoms with Gasteiger partial charge in [-0.2, -0.15) is 4.68 Å². The van der Waals surface area contributed by atoms with Crippen molar-refractivity contribution in [3.8, 4) is 27.9 Å². The lowest BCUT2D eigenvalue weighted by Gasteiger charge is -2.02. The molecule has 0 bridgehead atoms. The van der Waals surface area contributed by atoms with Gasteiger partial charge >= 0.3 is 5.56 Å². The highest BCUT2D eigenvalue weighted by Gasteiger charge is 2.16. The molecule has 2 heterocycles. The van der Waals surface area contributed by atoms with Crippen LogP contribution in [0.5, 0.6) is 11.5 Å².